The minimum Gasteiger partial charge on any atom is -0.508 e. The molecule has 1 unspecified atom stereocenters. The Morgan fingerprint density at radius 3 is 1.81 bits per heavy atom. The van der Waals surface area contributed by atoms with E-state index >= 15 is 0 Å². The van der Waals surface area contributed by atoms with Gasteiger partial charge in [-0.05, 0) is 38.5 Å². The predicted molar refractivity (Wildman–Crippen MR) is 76.8 cm³/mol. The van der Waals surface area contributed by atoms with Crippen LogP contribution >= 0.6 is 7.82 Å². The molecule has 0 aliphatic rings. The first-order chi connectivity index (χ1) is 9.28. The molecule has 7 N–H and O–H groups in total. The van der Waals surface area contributed by atoms with Gasteiger partial charge < -0.3 is 35.3 Å². The monoisotopic (exact) mass is 323 g/mol. The molecule has 1 aromatic carbocycles. The Bertz CT molecular complexity index is 466. The third-order valence-corrected chi connectivity index (χ3v) is 2.14. The van der Waals surface area contributed by atoms with E-state index in [1.807, 2.05) is 20.8 Å². The van der Waals surface area contributed by atoms with E-state index < -0.39 is 13.9 Å². The first-order valence-corrected chi connectivity index (χ1v) is 7.59. The van der Waals surface area contributed by atoms with E-state index in [0.29, 0.717) is 12.1 Å². The number of nitrogens with one attached hydrogen (secondary N) is 1. The second kappa shape index (κ2) is 7.74. The van der Waals surface area contributed by atoms with Gasteiger partial charge in [-0.25, -0.2) is 4.57 Å². The van der Waals surface area contributed by atoms with Gasteiger partial charge in [-0.3, -0.25) is 0 Å². The highest BCUT2D eigenvalue weighted by Gasteiger charge is 2.14. The van der Waals surface area contributed by atoms with Crippen molar-refractivity contribution in [2.75, 3.05) is 6.54 Å². The van der Waals surface area contributed by atoms with Crippen molar-refractivity contribution < 1.29 is 34.6 Å². The second-order valence-corrected chi connectivity index (χ2v) is 6.47. The number of phenols is 2. The van der Waals surface area contributed by atoms with Crippen LogP contribution in [0, 0.1) is 0 Å². The first kappa shape index (κ1) is 19.9. The number of hydrogen-bond donors (Lipinski definition) is 7. The SMILES string of the molecule is CC(C)(C)NCC(O)c1cc(O)cc(O)c1.O=P(O)(O)O. The van der Waals surface area contributed by atoms with Crippen molar-refractivity contribution in [3.8, 4) is 11.5 Å². The molecule has 122 valence electrons. The van der Waals surface area contributed by atoms with E-state index in [2.05, 4.69) is 5.32 Å². The Balaban J connectivity index is 0.000000690. The van der Waals surface area contributed by atoms with Crippen molar-refractivity contribution in [1.82, 2.24) is 5.32 Å². The number of aliphatic hydroxyl groups is 1. The van der Waals surface area contributed by atoms with Gasteiger partial charge in [-0.1, -0.05) is 0 Å². The van der Waals surface area contributed by atoms with E-state index in [9.17, 15) is 15.3 Å². The highest BCUT2D eigenvalue weighted by atomic mass is 31.2. The molecule has 8 nitrogen and oxygen atoms in total. The lowest BCUT2D eigenvalue weighted by Gasteiger charge is -2.23. The average molecular weight is 323 g/mol. The minimum atomic E-state index is -4.64. The zero-order valence-electron chi connectivity index (χ0n) is 12.1. The van der Waals surface area contributed by atoms with Gasteiger partial charge in [0, 0.05) is 18.2 Å². The Morgan fingerprint density at radius 1 is 1.10 bits per heavy atom. The van der Waals surface area contributed by atoms with Crippen LogP contribution in [0.3, 0.4) is 0 Å². The molecule has 9 heteroatoms. The van der Waals surface area contributed by atoms with Crippen molar-refractivity contribution in [3.63, 3.8) is 0 Å². The third-order valence-electron chi connectivity index (χ3n) is 2.14. The molecular formula is C12H22NO7P. The number of benzene rings is 1. The summed E-state index contributed by atoms with van der Waals surface area (Å²) < 4.78 is 8.88. The molecule has 0 fully saturated rings. The minimum absolute atomic E-state index is 0.0511. The van der Waals surface area contributed by atoms with Crippen LogP contribution in [0.4, 0.5) is 0 Å². The average Bonchev–Trinajstić information content (AvgIpc) is 2.21. The summed E-state index contributed by atoms with van der Waals surface area (Å²) >= 11 is 0. The zero-order chi connectivity index (χ0) is 16.8. The van der Waals surface area contributed by atoms with Gasteiger partial charge in [0.25, 0.3) is 0 Å². The van der Waals surface area contributed by atoms with Gasteiger partial charge in [0.05, 0.1) is 6.10 Å². The summed E-state index contributed by atoms with van der Waals surface area (Å²) in [5.74, 6) is -0.102. The molecule has 1 rings (SSSR count). The first-order valence-electron chi connectivity index (χ1n) is 6.02. The van der Waals surface area contributed by atoms with Crippen LogP contribution in [-0.2, 0) is 4.57 Å². The molecule has 1 atom stereocenters. The Labute approximate surface area is 122 Å². The van der Waals surface area contributed by atoms with Crippen LogP contribution in [0.5, 0.6) is 11.5 Å². The van der Waals surface area contributed by atoms with Crippen LogP contribution in [-0.4, -0.2) is 42.1 Å². The zero-order valence-corrected chi connectivity index (χ0v) is 12.9. The molecule has 0 aliphatic heterocycles. The number of aromatic hydroxyl groups is 2. The van der Waals surface area contributed by atoms with Gasteiger partial charge in [-0.2, -0.15) is 0 Å². The number of β-amino-alcohol motifs (C(OH)–C–C–N with tert-alkyl or cyclic N) is 1. The number of hydrogen-bond acceptors (Lipinski definition) is 5. The molecule has 0 radical (unpaired) electrons. The van der Waals surface area contributed by atoms with Crippen LogP contribution in [0.15, 0.2) is 18.2 Å². The van der Waals surface area contributed by atoms with Gasteiger partial charge in [0.1, 0.15) is 11.5 Å². The largest absolute Gasteiger partial charge is 0.508 e. The van der Waals surface area contributed by atoms with E-state index in [-0.39, 0.29) is 17.0 Å². The van der Waals surface area contributed by atoms with Crippen molar-refractivity contribution in [1.29, 1.82) is 0 Å². The maximum atomic E-state index is 9.85. The Morgan fingerprint density at radius 2 is 1.48 bits per heavy atom. The summed E-state index contributed by atoms with van der Waals surface area (Å²) in [7, 11) is -4.64. The number of phenolic OH excluding ortho intramolecular Hbond substituents is 2. The Kier molecular flexibility index (Phi) is 7.32. The lowest BCUT2D eigenvalue weighted by atomic mass is 10.1. The van der Waals surface area contributed by atoms with Crippen LogP contribution in [0.25, 0.3) is 0 Å². The van der Waals surface area contributed by atoms with Crippen molar-refractivity contribution in [2.45, 2.75) is 32.4 Å². The number of aliphatic hydroxyl groups excluding tert-OH is 1. The van der Waals surface area contributed by atoms with E-state index in [4.69, 9.17) is 19.2 Å². The third kappa shape index (κ3) is 12.3. The van der Waals surface area contributed by atoms with E-state index in [1.165, 1.54) is 18.2 Å². The summed E-state index contributed by atoms with van der Waals surface area (Å²) in [6, 6.07) is 4.11. The quantitative estimate of drug-likeness (QED) is 0.399. The molecule has 0 heterocycles. The van der Waals surface area contributed by atoms with Crippen molar-refractivity contribution in [2.24, 2.45) is 0 Å². The molecule has 0 amide bonds. The smallest absolute Gasteiger partial charge is 0.466 e. The van der Waals surface area contributed by atoms with Crippen LogP contribution < -0.4 is 5.32 Å². The fourth-order valence-corrected chi connectivity index (χ4v) is 1.33. The highest BCUT2D eigenvalue weighted by molar-refractivity contribution is 7.45. The van der Waals surface area contributed by atoms with Gasteiger partial charge in [-0.15, -0.1) is 0 Å². The highest BCUT2D eigenvalue weighted by Crippen LogP contribution is 2.26. The maximum Gasteiger partial charge on any atom is 0.466 e. The molecule has 21 heavy (non-hydrogen) atoms. The van der Waals surface area contributed by atoms with E-state index in [1.54, 1.807) is 0 Å². The molecule has 0 bridgehead atoms. The number of rotatable bonds is 3. The topological polar surface area (TPSA) is 150 Å². The van der Waals surface area contributed by atoms with Gasteiger partial charge in [0.15, 0.2) is 0 Å². The summed E-state index contributed by atoms with van der Waals surface area (Å²) in [6.07, 6.45) is -0.753. The molecular weight excluding hydrogens is 301 g/mol. The molecule has 0 aromatic heterocycles. The van der Waals surface area contributed by atoms with Crippen molar-refractivity contribution in [3.05, 3.63) is 23.8 Å². The molecule has 0 spiro atoms. The second-order valence-electron chi connectivity index (χ2n) is 5.44. The standard InChI is InChI=1S/C12H19NO3.H3O4P/c1-12(2,3)13-7-11(16)8-4-9(14)6-10(15)5-8;1-5(2,3)4/h4-6,11,13-16H,7H2,1-3H3;(H3,1,2,3,4). The fraction of sp³-hybridized carbons (Fsp3) is 0.500. The molecule has 1 aromatic rings. The van der Waals surface area contributed by atoms with Gasteiger partial charge in [0.2, 0.25) is 0 Å². The summed E-state index contributed by atoms with van der Waals surface area (Å²) in [4.78, 5) is 21.6. The molecule has 0 aliphatic carbocycles. The van der Waals surface area contributed by atoms with Crippen molar-refractivity contribution >= 4 is 7.82 Å². The van der Waals surface area contributed by atoms with Gasteiger partial charge >= 0.3 is 7.82 Å². The summed E-state index contributed by atoms with van der Waals surface area (Å²) in [6.45, 7) is 6.37. The maximum absolute atomic E-state index is 9.85. The predicted octanol–water partition coefficient (Wildman–Crippen LogP) is 0.591. The van der Waals surface area contributed by atoms with E-state index in [0.717, 1.165) is 0 Å². The lowest BCUT2D eigenvalue weighted by molar-refractivity contribution is 0.162. The lowest BCUT2D eigenvalue weighted by Crippen LogP contribution is -2.38. The Hall–Kier alpha value is -1.15. The van der Waals surface area contributed by atoms with Crippen LogP contribution in [0.1, 0.15) is 32.4 Å². The fourth-order valence-electron chi connectivity index (χ4n) is 1.33. The molecule has 0 saturated heterocycles. The summed E-state index contributed by atoms with van der Waals surface area (Å²) in [5.41, 5.74) is 0.411. The molecule has 0 saturated carbocycles. The number of phosphoric acid groups is 1. The summed E-state index contributed by atoms with van der Waals surface area (Å²) in [5, 5.41) is 31.6. The normalized spacial score (nSPS) is 13.3. The van der Waals surface area contributed by atoms with Crippen LogP contribution in [0.2, 0.25) is 0 Å².